The van der Waals surface area contributed by atoms with Gasteiger partial charge in [0.05, 0.1) is 8.07 Å². The number of ether oxygens (including phenoxy) is 1. The van der Waals surface area contributed by atoms with Gasteiger partial charge >= 0.3 is 5.97 Å². The number of carbonyl (C=O) groups excluding carboxylic acids is 1. The lowest BCUT2D eigenvalue weighted by Crippen LogP contribution is -2.36. The average Bonchev–Trinajstić information content (AvgIpc) is 2.74. The summed E-state index contributed by atoms with van der Waals surface area (Å²) < 4.78 is 5.45. The molecular weight excluding hydrogens is 218 g/mol. The van der Waals surface area contributed by atoms with Crippen molar-refractivity contribution in [1.29, 1.82) is 0 Å². The Balaban J connectivity index is 1.91. The third kappa shape index (κ3) is 2.66. The summed E-state index contributed by atoms with van der Waals surface area (Å²) in [6, 6.07) is 3.93. The number of hydrogen-bond donors (Lipinski definition) is 1. The first-order valence-corrected chi connectivity index (χ1v) is 9.19. The Bertz CT molecular complexity index is 279. The minimum Gasteiger partial charge on any atom is -0.459 e. The topological polar surface area (TPSA) is 38.3 Å². The highest BCUT2D eigenvalue weighted by Gasteiger charge is 2.45. The average molecular weight is 241 g/mol. The van der Waals surface area contributed by atoms with Crippen LogP contribution in [0.5, 0.6) is 0 Å². The summed E-state index contributed by atoms with van der Waals surface area (Å²) in [6.07, 6.45) is 3.90. The third-order valence-corrected chi connectivity index (χ3v) is 8.77. The van der Waals surface area contributed by atoms with E-state index in [0.29, 0.717) is 0 Å². The van der Waals surface area contributed by atoms with Crippen LogP contribution in [0.1, 0.15) is 33.6 Å². The lowest BCUT2D eigenvalue weighted by atomic mass is 10.2. The standard InChI is InChI=1S/C12H23NO2Si/c1-12(2,3)15-11(14)10-8-16(9-13-10)6-4-5-7-16/h10,13H,4-9H2,1-3H3. The molecule has 0 bridgehead atoms. The van der Waals surface area contributed by atoms with Crippen LogP contribution in [0, 0.1) is 0 Å². The zero-order valence-corrected chi connectivity index (χ0v) is 11.6. The molecule has 0 aromatic heterocycles. The molecular formula is C12H23NO2Si. The SMILES string of the molecule is CC(C)(C)OC(=O)C1C[Si]2(CCCC2)CN1. The van der Waals surface area contributed by atoms with Gasteiger partial charge in [-0.1, -0.05) is 24.9 Å². The molecule has 92 valence electrons. The van der Waals surface area contributed by atoms with Crippen molar-refractivity contribution in [2.75, 3.05) is 6.17 Å². The maximum Gasteiger partial charge on any atom is 0.323 e. The molecule has 0 aromatic rings. The summed E-state index contributed by atoms with van der Waals surface area (Å²) >= 11 is 0. The van der Waals surface area contributed by atoms with Gasteiger partial charge in [-0.3, -0.25) is 4.79 Å². The van der Waals surface area contributed by atoms with E-state index in [-0.39, 0.29) is 17.6 Å². The largest absolute Gasteiger partial charge is 0.459 e. The molecule has 3 nitrogen and oxygen atoms in total. The molecule has 2 heterocycles. The van der Waals surface area contributed by atoms with Gasteiger partial charge < -0.3 is 10.1 Å². The lowest BCUT2D eigenvalue weighted by Gasteiger charge is -2.23. The Hall–Kier alpha value is -0.353. The van der Waals surface area contributed by atoms with E-state index in [1.807, 2.05) is 20.8 Å². The monoisotopic (exact) mass is 241 g/mol. The Labute approximate surface area is 98.9 Å². The first kappa shape index (κ1) is 12.1. The summed E-state index contributed by atoms with van der Waals surface area (Å²) in [6.45, 7) is 5.80. The van der Waals surface area contributed by atoms with Crippen molar-refractivity contribution in [1.82, 2.24) is 5.32 Å². The van der Waals surface area contributed by atoms with Crippen LogP contribution in [0.2, 0.25) is 18.1 Å². The summed E-state index contributed by atoms with van der Waals surface area (Å²) in [4.78, 5) is 11.9. The van der Waals surface area contributed by atoms with Gasteiger partial charge in [-0.15, -0.1) is 0 Å². The first-order chi connectivity index (χ1) is 7.40. The van der Waals surface area contributed by atoms with E-state index in [4.69, 9.17) is 4.74 Å². The van der Waals surface area contributed by atoms with Crippen LogP contribution < -0.4 is 5.32 Å². The predicted octanol–water partition coefficient (Wildman–Crippen LogP) is 2.08. The summed E-state index contributed by atoms with van der Waals surface area (Å²) in [7, 11) is -1.08. The molecule has 1 atom stereocenters. The van der Waals surface area contributed by atoms with Crippen molar-refractivity contribution in [2.45, 2.75) is 63.4 Å². The highest BCUT2D eigenvalue weighted by molar-refractivity contribution is 6.81. The number of nitrogens with one attached hydrogen (secondary N) is 1. The maximum absolute atomic E-state index is 11.9. The van der Waals surface area contributed by atoms with Gasteiger partial charge in [0.2, 0.25) is 0 Å². The van der Waals surface area contributed by atoms with Crippen molar-refractivity contribution < 1.29 is 9.53 Å². The van der Waals surface area contributed by atoms with Crippen molar-refractivity contribution in [3.8, 4) is 0 Å². The summed E-state index contributed by atoms with van der Waals surface area (Å²) in [5.41, 5.74) is -0.355. The second-order valence-corrected chi connectivity index (χ2v) is 11.1. The molecule has 2 rings (SSSR count). The molecule has 0 radical (unpaired) electrons. The van der Waals surface area contributed by atoms with Gasteiger partial charge in [-0.25, -0.2) is 0 Å². The van der Waals surface area contributed by atoms with E-state index in [2.05, 4.69) is 5.32 Å². The highest BCUT2D eigenvalue weighted by atomic mass is 28.3. The van der Waals surface area contributed by atoms with E-state index in [1.54, 1.807) is 0 Å². The highest BCUT2D eigenvalue weighted by Crippen LogP contribution is 2.37. The van der Waals surface area contributed by atoms with Crippen LogP contribution >= 0.6 is 0 Å². The second kappa shape index (κ2) is 4.15. The molecule has 2 aliphatic heterocycles. The predicted molar refractivity (Wildman–Crippen MR) is 67.0 cm³/mol. The van der Waals surface area contributed by atoms with Crippen LogP contribution in [0.15, 0.2) is 0 Å². The summed E-state index contributed by atoms with van der Waals surface area (Å²) in [5.74, 6) is -0.0382. The number of rotatable bonds is 1. The third-order valence-electron chi connectivity index (χ3n) is 3.72. The molecule has 0 aromatic carbocycles. The van der Waals surface area contributed by atoms with E-state index in [9.17, 15) is 4.79 Å². The van der Waals surface area contributed by atoms with Gasteiger partial charge in [0.15, 0.2) is 0 Å². The lowest BCUT2D eigenvalue weighted by molar-refractivity contribution is -0.156. The molecule has 16 heavy (non-hydrogen) atoms. The molecule has 0 aliphatic carbocycles. The van der Waals surface area contributed by atoms with Gasteiger partial charge in [-0.05, 0) is 33.0 Å². The Morgan fingerprint density at radius 2 is 1.94 bits per heavy atom. The number of esters is 1. The first-order valence-electron chi connectivity index (χ1n) is 6.37. The van der Waals surface area contributed by atoms with Gasteiger partial charge in [0, 0.05) is 0 Å². The van der Waals surface area contributed by atoms with Crippen molar-refractivity contribution >= 4 is 14.0 Å². The fourth-order valence-electron chi connectivity index (χ4n) is 2.96. The maximum atomic E-state index is 11.9. The molecule has 4 heteroatoms. The Morgan fingerprint density at radius 3 is 2.50 bits per heavy atom. The van der Waals surface area contributed by atoms with Gasteiger partial charge in [0.25, 0.3) is 0 Å². The van der Waals surface area contributed by atoms with E-state index >= 15 is 0 Å². The quantitative estimate of drug-likeness (QED) is 0.564. The van der Waals surface area contributed by atoms with Crippen molar-refractivity contribution in [3.05, 3.63) is 0 Å². The van der Waals surface area contributed by atoms with E-state index < -0.39 is 8.07 Å². The summed E-state index contributed by atoms with van der Waals surface area (Å²) in [5, 5.41) is 3.40. The molecule has 2 fully saturated rings. The number of carbonyl (C=O) groups is 1. The van der Waals surface area contributed by atoms with Crippen LogP contribution in [-0.4, -0.2) is 31.9 Å². The van der Waals surface area contributed by atoms with Crippen molar-refractivity contribution in [3.63, 3.8) is 0 Å². The normalized spacial score (nSPS) is 28.6. The molecule has 1 spiro atoms. The molecule has 1 N–H and O–H groups in total. The van der Waals surface area contributed by atoms with Crippen LogP contribution in [0.25, 0.3) is 0 Å². The fourth-order valence-corrected chi connectivity index (χ4v) is 7.98. The van der Waals surface area contributed by atoms with Gasteiger partial charge in [-0.2, -0.15) is 0 Å². The molecule has 1 unspecified atom stereocenters. The van der Waals surface area contributed by atoms with Crippen LogP contribution in [0.4, 0.5) is 0 Å². The second-order valence-electron chi connectivity index (χ2n) is 6.38. The minimum atomic E-state index is -1.08. The zero-order chi connectivity index (χ0) is 11.8. The molecule has 2 saturated heterocycles. The number of hydrogen-bond acceptors (Lipinski definition) is 3. The minimum absolute atomic E-state index is 0.0102. The van der Waals surface area contributed by atoms with Crippen molar-refractivity contribution in [2.24, 2.45) is 0 Å². The van der Waals surface area contributed by atoms with E-state index in [1.165, 1.54) is 24.9 Å². The van der Waals surface area contributed by atoms with Crippen LogP contribution in [0.3, 0.4) is 0 Å². The Morgan fingerprint density at radius 1 is 1.31 bits per heavy atom. The van der Waals surface area contributed by atoms with E-state index in [0.717, 1.165) is 12.2 Å². The smallest absolute Gasteiger partial charge is 0.323 e. The fraction of sp³-hybridized carbons (Fsp3) is 0.917. The van der Waals surface area contributed by atoms with Crippen LogP contribution in [-0.2, 0) is 9.53 Å². The Kier molecular flexibility index (Phi) is 3.14. The zero-order valence-electron chi connectivity index (χ0n) is 10.6. The molecule has 0 saturated carbocycles. The molecule has 2 aliphatic rings. The van der Waals surface area contributed by atoms with Gasteiger partial charge in [0.1, 0.15) is 11.6 Å². The molecule has 0 amide bonds.